The zero-order valence-corrected chi connectivity index (χ0v) is 35.2. The molecule has 0 bridgehead atoms. The molecular weight excluding hydrogens is 743 g/mol. The van der Waals surface area contributed by atoms with E-state index < -0.39 is 0 Å². The van der Waals surface area contributed by atoms with Crippen molar-refractivity contribution >= 4 is 115 Å². The SMILES string of the molecule is CC(C)(C)c1ccc2c(c1)c1c3ccccc3cc3c4nc5c(nc4n2c31)c1c2ccccc2cc2c3cc(C(C)(C)C)cc(N(c4ccccc4)c4ccccc4)c3n5c21. The van der Waals surface area contributed by atoms with Crippen LogP contribution in [0.25, 0.3) is 98.3 Å². The highest BCUT2D eigenvalue weighted by atomic mass is 15.2. The topological polar surface area (TPSA) is 37.8 Å². The lowest BCUT2D eigenvalue weighted by molar-refractivity contribution is 0.591. The van der Waals surface area contributed by atoms with Gasteiger partial charge >= 0.3 is 0 Å². The molecule has 0 amide bonds. The molecule has 0 aliphatic rings. The van der Waals surface area contributed by atoms with Crippen molar-refractivity contribution < 1.29 is 0 Å². The number of aromatic nitrogens is 4. The van der Waals surface area contributed by atoms with Gasteiger partial charge in [0.1, 0.15) is 11.0 Å². The van der Waals surface area contributed by atoms with Crippen molar-refractivity contribution in [3.63, 3.8) is 0 Å². The first-order chi connectivity index (χ1) is 29.5. The van der Waals surface area contributed by atoms with Gasteiger partial charge in [0.05, 0.1) is 27.8 Å². The van der Waals surface area contributed by atoms with Crippen LogP contribution in [0.2, 0.25) is 0 Å². The molecule has 0 fully saturated rings. The van der Waals surface area contributed by atoms with E-state index in [4.69, 9.17) is 9.97 Å². The van der Waals surface area contributed by atoms with Gasteiger partial charge in [-0.15, -0.1) is 0 Å². The van der Waals surface area contributed by atoms with Crippen LogP contribution in [0.4, 0.5) is 17.1 Å². The molecule has 8 aromatic carbocycles. The lowest BCUT2D eigenvalue weighted by Crippen LogP contribution is -2.15. The smallest absolute Gasteiger partial charge is 0.165 e. The summed E-state index contributed by atoms with van der Waals surface area (Å²) in [4.78, 5) is 14.1. The third-order valence-electron chi connectivity index (χ3n) is 13.4. The van der Waals surface area contributed by atoms with E-state index in [2.05, 4.69) is 207 Å². The molecule has 0 aliphatic heterocycles. The molecule has 13 rings (SSSR count). The summed E-state index contributed by atoms with van der Waals surface area (Å²) >= 11 is 0. The van der Waals surface area contributed by atoms with E-state index in [0.717, 1.165) is 66.7 Å². The molecule has 0 radical (unpaired) electrons. The van der Waals surface area contributed by atoms with Crippen molar-refractivity contribution in [1.82, 2.24) is 18.8 Å². The number of hydrogen-bond donors (Lipinski definition) is 0. The minimum absolute atomic E-state index is 0.0117. The summed E-state index contributed by atoms with van der Waals surface area (Å²) < 4.78 is 4.86. The van der Waals surface area contributed by atoms with Gasteiger partial charge in [-0.3, -0.25) is 8.80 Å². The summed E-state index contributed by atoms with van der Waals surface area (Å²) in [6.07, 6.45) is 0. The average Bonchev–Trinajstić information content (AvgIpc) is 3.98. The van der Waals surface area contributed by atoms with Crippen LogP contribution in [0.5, 0.6) is 0 Å². The van der Waals surface area contributed by atoms with E-state index in [9.17, 15) is 0 Å². The summed E-state index contributed by atoms with van der Waals surface area (Å²) in [7, 11) is 0. The Hall–Kier alpha value is -7.24. The number of benzene rings is 8. The third-order valence-corrected chi connectivity index (χ3v) is 13.4. The van der Waals surface area contributed by atoms with Gasteiger partial charge in [0, 0.05) is 43.7 Å². The number of nitrogens with zero attached hydrogens (tertiary/aromatic N) is 5. The molecule has 0 unspecified atom stereocenters. The Morgan fingerprint density at radius 3 is 1.59 bits per heavy atom. The van der Waals surface area contributed by atoms with Gasteiger partial charge in [0.15, 0.2) is 11.3 Å². The average molecular weight is 786 g/mol. The lowest BCUT2D eigenvalue weighted by Gasteiger charge is -2.29. The van der Waals surface area contributed by atoms with Crippen LogP contribution in [-0.4, -0.2) is 18.8 Å². The van der Waals surface area contributed by atoms with Gasteiger partial charge in [-0.25, -0.2) is 9.97 Å². The lowest BCUT2D eigenvalue weighted by atomic mass is 9.85. The largest absolute Gasteiger partial charge is 0.308 e. The summed E-state index contributed by atoms with van der Waals surface area (Å²) in [5, 5.41) is 12.1. The molecule has 0 spiro atoms. The highest BCUT2D eigenvalue weighted by Crippen LogP contribution is 2.50. The summed E-state index contributed by atoms with van der Waals surface area (Å²) in [5.41, 5.74) is 14.1. The van der Waals surface area contributed by atoms with Crippen molar-refractivity contribution in [3.8, 4) is 0 Å². The summed E-state index contributed by atoms with van der Waals surface area (Å²) in [6, 6.07) is 55.8. The van der Waals surface area contributed by atoms with Gasteiger partial charge < -0.3 is 4.90 Å². The predicted octanol–water partition coefficient (Wildman–Crippen LogP) is 15.1. The predicted molar refractivity (Wildman–Crippen MR) is 258 cm³/mol. The van der Waals surface area contributed by atoms with Crippen LogP contribution >= 0.6 is 0 Å². The van der Waals surface area contributed by atoms with Gasteiger partial charge in [0.2, 0.25) is 0 Å². The van der Waals surface area contributed by atoms with Gasteiger partial charge in [0.25, 0.3) is 0 Å². The molecule has 5 heteroatoms. The first-order valence-corrected chi connectivity index (χ1v) is 21.4. The second kappa shape index (κ2) is 11.7. The monoisotopic (exact) mass is 785 g/mol. The van der Waals surface area contributed by atoms with E-state index >= 15 is 0 Å². The Balaban J connectivity index is 1.27. The van der Waals surface area contributed by atoms with Crippen LogP contribution < -0.4 is 4.90 Å². The molecule has 0 aliphatic carbocycles. The number of anilines is 3. The molecule has 5 nitrogen and oxygen atoms in total. The molecule has 0 saturated carbocycles. The number of fused-ring (bicyclic) bond motifs is 16. The van der Waals surface area contributed by atoms with E-state index in [-0.39, 0.29) is 10.8 Å². The molecule has 0 N–H and O–H groups in total. The van der Waals surface area contributed by atoms with Crippen molar-refractivity contribution in [2.75, 3.05) is 4.90 Å². The summed E-state index contributed by atoms with van der Waals surface area (Å²) in [6.45, 7) is 13.8. The number of hydrogen-bond acceptors (Lipinski definition) is 3. The first kappa shape index (κ1) is 34.6. The fourth-order valence-corrected chi connectivity index (χ4v) is 10.4. The first-order valence-electron chi connectivity index (χ1n) is 21.4. The fourth-order valence-electron chi connectivity index (χ4n) is 10.4. The summed E-state index contributed by atoms with van der Waals surface area (Å²) in [5.74, 6) is 0. The molecular formula is C56H43N5. The standard InChI is InChI=1S/C56H43N5/c1-55(2,3)34-25-26-44-42(29-34)46-38-23-15-13-18-33(38)28-43-48-53(60(44)52(43)46)58-49-47-39-24-16-14-17-32(39)27-40-41-30-35(56(4,5)6)31-45(50(41)61(51(40)47)54(49)57-48)59(36-19-9-7-10-20-36)37-21-11-8-12-22-37/h7-31H,1-6H3. The Morgan fingerprint density at radius 2 is 0.934 bits per heavy atom. The van der Waals surface area contributed by atoms with Crippen LogP contribution in [0.15, 0.2) is 152 Å². The van der Waals surface area contributed by atoms with E-state index in [1.54, 1.807) is 0 Å². The number of rotatable bonds is 3. The van der Waals surface area contributed by atoms with Gasteiger partial charge in [-0.2, -0.15) is 0 Å². The van der Waals surface area contributed by atoms with Gasteiger partial charge in [-0.05, 0) is 104 Å². The second-order valence-electron chi connectivity index (χ2n) is 19.1. The minimum atomic E-state index is -0.107. The Labute approximate surface area is 352 Å². The Morgan fingerprint density at radius 1 is 0.410 bits per heavy atom. The Bertz CT molecular complexity index is 3900. The normalized spacial score (nSPS) is 13.1. The zero-order valence-electron chi connectivity index (χ0n) is 35.2. The van der Waals surface area contributed by atoms with Crippen LogP contribution in [-0.2, 0) is 10.8 Å². The van der Waals surface area contributed by atoms with Crippen LogP contribution in [0.3, 0.4) is 0 Å². The van der Waals surface area contributed by atoms with Crippen LogP contribution in [0.1, 0.15) is 52.7 Å². The highest BCUT2D eigenvalue weighted by Gasteiger charge is 2.30. The maximum absolute atomic E-state index is 5.86. The highest BCUT2D eigenvalue weighted by molar-refractivity contribution is 6.34. The van der Waals surface area contributed by atoms with E-state index in [1.807, 2.05) is 0 Å². The molecule has 5 heterocycles. The maximum atomic E-state index is 5.86. The van der Waals surface area contributed by atoms with Crippen molar-refractivity contribution in [1.29, 1.82) is 0 Å². The number of para-hydroxylation sites is 2. The molecule has 5 aromatic heterocycles. The van der Waals surface area contributed by atoms with Crippen molar-refractivity contribution in [2.45, 2.75) is 52.4 Å². The fraction of sp³-hybridized carbons (Fsp3) is 0.143. The minimum Gasteiger partial charge on any atom is -0.308 e. The molecule has 0 atom stereocenters. The molecule has 61 heavy (non-hydrogen) atoms. The van der Waals surface area contributed by atoms with E-state index in [0.29, 0.717) is 0 Å². The van der Waals surface area contributed by atoms with Crippen LogP contribution in [0, 0.1) is 0 Å². The van der Waals surface area contributed by atoms with E-state index in [1.165, 1.54) is 59.7 Å². The van der Waals surface area contributed by atoms with Crippen molar-refractivity contribution in [2.24, 2.45) is 0 Å². The maximum Gasteiger partial charge on any atom is 0.165 e. The third kappa shape index (κ3) is 4.61. The molecule has 292 valence electrons. The zero-order chi connectivity index (χ0) is 41.1. The Kier molecular flexibility index (Phi) is 6.66. The second-order valence-corrected chi connectivity index (χ2v) is 19.1. The van der Waals surface area contributed by atoms with Crippen molar-refractivity contribution in [3.05, 3.63) is 163 Å². The molecule has 13 aromatic rings. The molecule has 0 saturated heterocycles. The van der Waals surface area contributed by atoms with Gasteiger partial charge in [-0.1, -0.05) is 133 Å². The quantitative estimate of drug-likeness (QED) is 0.179.